The maximum atomic E-state index is 13.2. The fourth-order valence-corrected chi connectivity index (χ4v) is 4.39. The van der Waals surface area contributed by atoms with E-state index in [0.717, 1.165) is 54.4 Å². The standard InChI is InChI=1S/C23H31NO4/c1-16(24(19-8-9-19)23(25)17-6-3-4-7-17)18-14-21(27-12-5-11-26-2)20-10-13-28-22(20)15-18/h10,13-17,19H,3-9,11-12H2,1-2H3/t16-/m0/s1. The van der Waals surface area contributed by atoms with Crippen LogP contribution in [-0.4, -0.2) is 37.2 Å². The molecule has 0 radical (unpaired) electrons. The number of methoxy groups -OCH3 is 1. The Morgan fingerprint density at radius 1 is 1.21 bits per heavy atom. The summed E-state index contributed by atoms with van der Waals surface area (Å²) in [6.45, 7) is 3.42. The lowest BCUT2D eigenvalue weighted by atomic mass is 10.0. The van der Waals surface area contributed by atoms with Crippen LogP contribution in [0.3, 0.4) is 0 Å². The summed E-state index contributed by atoms with van der Waals surface area (Å²) in [6.07, 6.45) is 9.22. The number of rotatable bonds is 9. The SMILES string of the molecule is COCCCOc1cc([C@H](C)N(C(=O)C2CCCC2)C2CC2)cc2occc12. The molecule has 0 saturated heterocycles. The van der Waals surface area contributed by atoms with Gasteiger partial charge < -0.3 is 18.8 Å². The number of carbonyl (C=O) groups excluding carboxylic acids is 1. The van der Waals surface area contributed by atoms with Crippen molar-refractivity contribution in [1.82, 2.24) is 4.90 Å². The Bertz CT molecular complexity index is 804. The highest BCUT2D eigenvalue weighted by Gasteiger charge is 2.39. The molecule has 5 nitrogen and oxygen atoms in total. The van der Waals surface area contributed by atoms with Crippen molar-refractivity contribution in [3.8, 4) is 5.75 Å². The minimum absolute atomic E-state index is 0.0245. The third-order valence-electron chi connectivity index (χ3n) is 6.11. The van der Waals surface area contributed by atoms with Gasteiger partial charge in [0.2, 0.25) is 5.91 Å². The maximum absolute atomic E-state index is 13.2. The molecule has 1 aromatic carbocycles. The topological polar surface area (TPSA) is 51.9 Å². The summed E-state index contributed by atoms with van der Waals surface area (Å²) in [6, 6.07) is 6.52. The molecule has 0 N–H and O–H groups in total. The predicted octanol–water partition coefficient (Wildman–Crippen LogP) is 5.09. The van der Waals surface area contributed by atoms with Gasteiger partial charge in [0.05, 0.1) is 24.3 Å². The molecule has 2 fully saturated rings. The lowest BCUT2D eigenvalue weighted by molar-refractivity contribution is -0.138. The first kappa shape index (κ1) is 19.3. The smallest absolute Gasteiger partial charge is 0.226 e. The first-order valence-corrected chi connectivity index (χ1v) is 10.6. The van der Waals surface area contributed by atoms with Gasteiger partial charge in [-0.25, -0.2) is 0 Å². The van der Waals surface area contributed by atoms with Crippen molar-refractivity contribution in [2.45, 2.75) is 64.0 Å². The molecular weight excluding hydrogens is 354 g/mol. The van der Waals surface area contributed by atoms with Gasteiger partial charge in [0.1, 0.15) is 11.3 Å². The van der Waals surface area contributed by atoms with Crippen LogP contribution in [0.1, 0.15) is 63.5 Å². The predicted molar refractivity (Wildman–Crippen MR) is 108 cm³/mol. The summed E-state index contributed by atoms with van der Waals surface area (Å²) in [5.74, 6) is 1.38. The molecule has 1 aromatic heterocycles. The van der Waals surface area contributed by atoms with Gasteiger partial charge in [-0.1, -0.05) is 12.8 Å². The van der Waals surface area contributed by atoms with E-state index in [2.05, 4.69) is 24.0 Å². The van der Waals surface area contributed by atoms with Crippen LogP contribution < -0.4 is 4.74 Å². The van der Waals surface area contributed by atoms with E-state index in [0.29, 0.717) is 25.2 Å². The van der Waals surface area contributed by atoms with Gasteiger partial charge in [0.15, 0.2) is 0 Å². The number of furan rings is 1. The van der Waals surface area contributed by atoms with E-state index < -0.39 is 0 Å². The van der Waals surface area contributed by atoms with Crippen molar-refractivity contribution in [2.24, 2.45) is 5.92 Å². The van der Waals surface area contributed by atoms with Gasteiger partial charge in [0, 0.05) is 32.1 Å². The van der Waals surface area contributed by atoms with E-state index in [-0.39, 0.29) is 12.0 Å². The number of nitrogens with zero attached hydrogens (tertiary/aromatic N) is 1. The Morgan fingerprint density at radius 3 is 2.71 bits per heavy atom. The third kappa shape index (κ3) is 4.04. The molecule has 1 amide bonds. The highest BCUT2D eigenvalue weighted by molar-refractivity contribution is 5.85. The van der Waals surface area contributed by atoms with Crippen molar-refractivity contribution in [3.05, 3.63) is 30.0 Å². The largest absolute Gasteiger partial charge is 0.493 e. The van der Waals surface area contributed by atoms with E-state index in [1.165, 1.54) is 12.8 Å². The Labute approximate surface area is 167 Å². The highest BCUT2D eigenvalue weighted by Crippen LogP contribution is 2.40. The number of amides is 1. The molecule has 0 unspecified atom stereocenters. The van der Waals surface area contributed by atoms with Crippen LogP contribution >= 0.6 is 0 Å². The average Bonchev–Trinajstić information content (AvgIpc) is 3.19. The molecule has 0 bridgehead atoms. The van der Waals surface area contributed by atoms with Crippen molar-refractivity contribution < 1.29 is 18.7 Å². The van der Waals surface area contributed by atoms with Gasteiger partial charge in [-0.2, -0.15) is 0 Å². The van der Waals surface area contributed by atoms with Crippen LogP contribution in [0.25, 0.3) is 11.0 Å². The average molecular weight is 386 g/mol. The normalized spacial score (nSPS) is 18.5. The summed E-state index contributed by atoms with van der Waals surface area (Å²) >= 11 is 0. The second kappa shape index (κ2) is 8.56. The number of fused-ring (bicyclic) bond motifs is 1. The molecule has 2 aliphatic carbocycles. The van der Waals surface area contributed by atoms with E-state index in [4.69, 9.17) is 13.9 Å². The molecule has 152 valence electrons. The van der Waals surface area contributed by atoms with Crippen molar-refractivity contribution >= 4 is 16.9 Å². The molecule has 2 aromatic rings. The quantitative estimate of drug-likeness (QED) is 0.564. The summed E-state index contributed by atoms with van der Waals surface area (Å²) in [5.41, 5.74) is 1.90. The minimum atomic E-state index is 0.0245. The lowest BCUT2D eigenvalue weighted by Crippen LogP contribution is -2.39. The Kier molecular flexibility index (Phi) is 5.90. The summed E-state index contributed by atoms with van der Waals surface area (Å²) in [4.78, 5) is 15.4. The fraction of sp³-hybridized carbons (Fsp3) is 0.609. The zero-order chi connectivity index (χ0) is 19.5. The van der Waals surface area contributed by atoms with Crippen molar-refractivity contribution in [3.63, 3.8) is 0 Å². The zero-order valence-corrected chi connectivity index (χ0v) is 17.0. The molecular formula is C23H31NO4. The highest BCUT2D eigenvalue weighted by atomic mass is 16.5. The molecule has 0 aliphatic heterocycles. The van der Waals surface area contributed by atoms with Crippen LogP contribution in [0.4, 0.5) is 0 Å². The Balaban J connectivity index is 1.58. The molecule has 4 rings (SSSR count). The molecule has 28 heavy (non-hydrogen) atoms. The van der Waals surface area contributed by atoms with Crippen LogP contribution in [0.5, 0.6) is 5.75 Å². The van der Waals surface area contributed by atoms with E-state index in [1.54, 1.807) is 13.4 Å². The van der Waals surface area contributed by atoms with Gasteiger partial charge >= 0.3 is 0 Å². The zero-order valence-electron chi connectivity index (χ0n) is 17.0. The van der Waals surface area contributed by atoms with E-state index in [1.807, 2.05) is 6.07 Å². The second-order valence-electron chi connectivity index (χ2n) is 8.18. The fourth-order valence-electron chi connectivity index (χ4n) is 4.39. The minimum Gasteiger partial charge on any atom is -0.493 e. The van der Waals surface area contributed by atoms with Crippen molar-refractivity contribution in [1.29, 1.82) is 0 Å². The monoisotopic (exact) mass is 385 g/mol. The molecule has 1 atom stereocenters. The van der Waals surface area contributed by atoms with Gasteiger partial charge in [-0.15, -0.1) is 0 Å². The first-order chi connectivity index (χ1) is 13.7. The maximum Gasteiger partial charge on any atom is 0.226 e. The Morgan fingerprint density at radius 2 is 2.00 bits per heavy atom. The van der Waals surface area contributed by atoms with Crippen LogP contribution in [0, 0.1) is 5.92 Å². The number of hydrogen-bond donors (Lipinski definition) is 0. The number of ether oxygens (including phenoxy) is 2. The summed E-state index contributed by atoms with van der Waals surface area (Å²) < 4.78 is 16.8. The third-order valence-corrected chi connectivity index (χ3v) is 6.11. The summed E-state index contributed by atoms with van der Waals surface area (Å²) in [5, 5.41) is 0.980. The summed E-state index contributed by atoms with van der Waals surface area (Å²) in [7, 11) is 1.70. The van der Waals surface area contributed by atoms with Gasteiger partial charge in [0.25, 0.3) is 0 Å². The van der Waals surface area contributed by atoms with Crippen LogP contribution in [-0.2, 0) is 9.53 Å². The lowest BCUT2D eigenvalue weighted by Gasteiger charge is -2.32. The van der Waals surface area contributed by atoms with E-state index in [9.17, 15) is 4.79 Å². The molecule has 1 heterocycles. The number of benzene rings is 1. The molecule has 0 spiro atoms. The number of carbonyl (C=O) groups is 1. The molecule has 5 heteroatoms. The second-order valence-corrected chi connectivity index (χ2v) is 8.18. The van der Waals surface area contributed by atoms with Gasteiger partial charge in [-0.3, -0.25) is 4.79 Å². The molecule has 2 saturated carbocycles. The van der Waals surface area contributed by atoms with Gasteiger partial charge in [-0.05, 0) is 56.4 Å². The Hall–Kier alpha value is -2.01. The number of hydrogen-bond acceptors (Lipinski definition) is 4. The van der Waals surface area contributed by atoms with Crippen molar-refractivity contribution in [2.75, 3.05) is 20.3 Å². The first-order valence-electron chi connectivity index (χ1n) is 10.6. The van der Waals surface area contributed by atoms with E-state index >= 15 is 0 Å². The van der Waals surface area contributed by atoms with Crippen LogP contribution in [0.2, 0.25) is 0 Å². The molecule has 2 aliphatic rings. The van der Waals surface area contributed by atoms with Crippen LogP contribution in [0.15, 0.2) is 28.9 Å².